The number of allylic oxidation sites excluding steroid dienone is 3. The third kappa shape index (κ3) is 5.75. The fourth-order valence-electron chi connectivity index (χ4n) is 3.96. The van der Waals surface area contributed by atoms with Crippen molar-refractivity contribution in [3.8, 4) is 0 Å². The number of hydrogen-bond donors (Lipinski definition) is 2. The van der Waals surface area contributed by atoms with E-state index in [0.29, 0.717) is 37.9 Å². The van der Waals surface area contributed by atoms with Gasteiger partial charge in [-0.15, -0.1) is 0 Å². The average molecular weight is 455 g/mol. The predicted molar refractivity (Wildman–Crippen MR) is 107 cm³/mol. The Kier molecular flexibility index (Phi) is 7.02. The highest BCUT2D eigenvalue weighted by Gasteiger charge is 2.34. The van der Waals surface area contributed by atoms with Crippen LogP contribution in [0, 0.1) is 0 Å². The van der Waals surface area contributed by atoms with Crippen LogP contribution in [-0.4, -0.2) is 81.0 Å². The molecule has 2 heterocycles. The van der Waals surface area contributed by atoms with Gasteiger partial charge in [-0.2, -0.15) is 23.0 Å². The van der Waals surface area contributed by atoms with Gasteiger partial charge >= 0.3 is 18.2 Å². The van der Waals surface area contributed by atoms with Gasteiger partial charge < -0.3 is 15.7 Å². The Morgan fingerprint density at radius 2 is 1.94 bits per heavy atom. The number of alkyl halides is 3. The van der Waals surface area contributed by atoms with Crippen molar-refractivity contribution < 1.29 is 32.7 Å². The summed E-state index contributed by atoms with van der Waals surface area (Å²) in [6, 6.07) is 0.703. The first kappa shape index (κ1) is 23.5. The third-order valence-electron chi connectivity index (χ3n) is 5.55. The lowest BCUT2D eigenvalue weighted by Crippen LogP contribution is -2.49. The summed E-state index contributed by atoms with van der Waals surface area (Å²) < 4.78 is 40.1. The number of aliphatic carboxylic acids is 1. The fraction of sp³-hybridized carbons (Fsp3) is 0.500. The molecule has 12 heteroatoms. The lowest BCUT2D eigenvalue weighted by molar-refractivity contribution is -0.139. The number of carboxylic acids is 1. The van der Waals surface area contributed by atoms with E-state index in [9.17, 15) is 32.7 Å². The normalized spacial score (nSPS) is 17.8. The first-order valence-corrected chi connectivity index (χ1v) is 10.1. The van der Waals surface area contributed by atoms with Gasteiger partial charge in [0.25, 0.3) is 5.91 Å². The van der Waals surface area contributed by atoms with E-state index in [1.54, 1.807) is 4.90 Å². The highest BCUT2D eigenvalue weighted by atomic mass is 19.4. The molecule has 174 valence electrons. The number of hydrogen-bond acceptors (Lipinski definition) is 5. The topological polar surface area (TPSA) is 122 Å². The zero-order valence-corrected chi connectivity index (χ0v) is 17.2. The van der Waals surface area contributed by atoms with Crippen molar-refractivity contribution in [2.45, 2.75) is 37.9 Å². The van der Waals surface area contributed by atoms with Gasteiger partial charge in [-0.05, 0) is 37.8 Å². The Labute approximate surface area is 181 Å². The molecule has 3 rings (SSSR count). The summed E-state index contributed by atoms with van der Waals surface area (Å²) >= 11 is 0. The number of nitrogens with two attached hydrogens (primary N) is 1. The number of aromatic nitrogens is 2. The van der Waals surface area contributed by atoms with E-state index in [-0.39, 0.29) is 31.2 Å². The van der Waals surface area contributed by atoms with Crippen LogP contribution < -0.4 is 5.73 Å². The molecule has 2 amide bonds. The monoisotopic (exact) mass is 455 g/mol. The highest BCUT2D eigenvalue weighted by Crippen LogP contribution is 2.32. The van der Waals surface area contributed by atoms with Gasteiger partial charge in [-0.1, -0.05) is 11.6 Å². The maximum Gasteiger partial charge on any atom is 0.416 e. The Balaban J connectivity index is 1.64. The summed E-state index contributed by atoms with van der Waals surface area (Å²) in [6.45, 7) is 0.456. The molecule has 32 heavy (non-hydrogen) atoms. The molecular formula is C20H24F3N5O4. The van der Waals surface area contributed by atoms with Gasteiger partial charge in [-0.25, -0.2) is 4.79 Å². The predicted octanol–water partition coefficient (Wildman–Crippen LogP) is 2.01. The van der Waals surface area contributed by atoms with Gasteiger partial charge in [0.15, 0.2) is 5.69 Å². The van der Waals surface area contributed by atoms with Crippen LogP contribution in [0.3, 0.4) is 0 Å². The summed E-state index contributed by atoms with van der Waals surface area (Å²) in [7, 11) is 0. The Morgan fingerprint density at radius 3 is 2.50 bits per heavy atom. The molecule has 1 aliphatic heterocycles. The van der Waals surface area contributed by atoms with Crippen molar-refractivity contribution in [2.75, 3.05) is 26.2 Å². The van der Waals surface area contributed by atoms with Crippen LogP contribution >= 0.6 is 0 Å². The number of piperidine rings is 1. The molecule has 3 N–H and O–H groups in total. The van der Waals surface area contributed by atoms with Gasteiger partial charge in [0.2, 0.25) is 0 Å². The number of carbonyl (C=O) groups is 3. The zero-order chi connectivity index (χ0) is 23.5. The van der Waals surface area contributed by atoms with Crippen LogP contribution in [0.2, 0.25) is 0 Å². The highest BCUT2D eigenvalue weighted by molar-refractivity contribution is 5.91. The molecule has 1 saturated heterocycles. The summed E-state index contributed by atoms with van der Waals surface area (Å²) in [5, 5.41) is 13.1. The van der Waals surface area contributed by atoms with Crippen molar-refractivity contribution in [3.63, 3.8) is 0 Å². The standard InChI is InChI=1S/C20H24F3N5O4/c21-20(22,23)14-3-1-2-13(10-14)11-27(12-17(29)30)15-4-7-26(8-5-15)19(32)28-9-6-16(25-28)18(24)31/h3,6,9-10,15H,1-2,4-5,7-8,11-12H2,(H2,24,31)(H,29,30). The summed E-state index contributed by atoms with van der Waals surface area (Å²) in [4.78, 5) is 38.3. The molecule has 1 aromatic rings. The SMILES string of the molecule is NC(=O)c1ccn(C(=O)N2CCC(N(CC(=O)O)CC3=CC(C(F)(F)F)=CCC3)CC2)n1. The van der Waals surface area contributed by atoms with Crippen molar-refractivity contribution in [1.29, 1.82) is 0 Å². The Bertz CT molecular complexity index is 945. The van der Waals surface area contributed by atoms with Gasteiger partial charge in [0.1, 0.15) is 0 Å². The first-order valence-electron chi connectivity index (χ1n) is 10.1. The maximum atomic E-state index is 13.0. The molecule has 0 atom stereocenters. The summed E-state index contributed by atoms with van der Waals surface area (Å²) in [6.07, 6.45) is 0.762. The second-order valence-electron chi connectivity index (χ2n) is 7.81. The van der Waals surface area contributed by atoms with Crippen LogP contribution in [0.1, 0.15) is 36.2 Å². The Morgan fingerprint density at radius 1 is 1.25 bits per heavy atom. The number of nitrogens with zero attached hydrogens (tertiary/aromatic N) is 4. The molecule has 0 spiro atoms. The molecule has 1 aromatic heterocycles. The number of carbonyl (C=O) groups excluding carboxylic acids is 2. The molecule has 9 nitrogen and oxygen atoms in total. The van der Waals surface area contributed by atoms with Crippen LogP contribution in [0.4, 0.5) is 18.0 Å². The van der Waals surface area contributed by atoms with Gasteiger partial charge in [0.05, 0.1) is 12.1 Å². The van der Waals surface area contributed by atoms with E-state index in [1.165, 1.54) is 17.2 Å². The Hall–Kier alpha value is -3.15. The van der Waals surface area contributed by atoms with E-state index >= 15 is 0 Å². The number of likely N-dealkylation sites (tertiary alicyclic amines) is 1. The molecule has 0 saturated carbocycles. The molecule has 0 unspecified atom stereocenters. The smallest absolute Gasteiger partial charge is 0.416 e. The van der Waals surface area contributed by atoms with Crippen molar-refractivity contribution in [1.82, 2.24) is 19.6 Å². The van der Waals surface area contributed by atoms with Gasteiger partial charge in [-0.3, -0.25) is 14.5 Å². The minimum Gasteiger partial charge on any atom is -0.480 e. The zero-order valence-electron chi connectivity index (χ0n) is 17.2. The molecule has 2 aliphatic rings. The molecule has 1 aliphatic carbocycles. The molecule has 0 aromatic carbocycles. The second-order valence-corrected chi connectivity index (χ2v) is 7.81. The number of carboxylic acid groups (broad SMARTS) is 1. The first-order chi connectivity index (χ1) is 15.0. The van der Waals surface area contributed by atoms with Crippen LogP contribution in [0.15, 0.2) is 35.6 Å². The molecule has 1 fully saturated rings. The third-order valence-corrected chi connectivity index (χ3v) is 5.55. The van der Waals surface area contributed by atoms with Crippen molar-refractivity contribution >= 4 is 17.9 Å². The number of halogens is 3. The summed E-state index contributed by atoms with van der Waals surface area (Å²) in [5.74, 6) is -1.82. The van der Waals surface area contributed by atoms with Crippen LogP contribution in [0.25, 0.3) is 0 Å². The van der Waals surface area contributed by atoms with Crippen LogP contribution in [-0.2, 0) is 4.79 Å². The lowest BCUT2D eigenvalue weighted by Gasteiger charge is -2.38. The van der Waals surface area contributed by atoms with Crippen LogP contribution in [0.5, 0.6) is 0 Å². The second kappa shape index (κ2) is 9.55. The minimum atomic E-state index is -4.43. The van der Waals surface area contributed by atoms with Gasteiger partial charge in [0, 0.05) is 31.9 Å². The number of rotatable bonds is 6. The van der Waals surface area contributed by atoms with E-state index in [4.69, 9.17) is 5.73 Å². The van der Waals surface area contributed by atoms with E-state index in [0.717, 1.165) is 16.8 Å². The lowest BCUT2D eigenvalue weighted by atomic mass is 9.96. The number of amides is 2. The maximum absolute atomic E-state index is 13.0. The fourth-order valence-corrected chi connectivity index (χ4v) is 3.96. The minimum absolute atomic E-state index is 0.0334. The van der Waals surface area contributed by atoms with Crippen molar-refractivity contribution in [3.05, 3.63) is 41.3 Å². The van der Waals surface area contributed by atoms with E-state index in [2.05, 4.69) is 5.10 Å². The summed E-state index contributed by atoms with van der Waals surface area (Å²) in [5.41, 5.74) is 4.94. The molecule has 0 bridgehead atoms. The quantitative estimate of drug-likeness (QED) is 0.677. The van der Waals surface area contributed by atoms with Crippen molar-refractivity contribution in [2.24, 2.45) is 5.73 Å². The number of primary amides is 1. The average Bonchev–Trinajstić information content (AvgIpc) is 3.23. The van der Waals surface area contributed by atoms with E-state index < -0.39 is 29.7 Å². The molecular weight excluding hydrogens is 431 g/mol. The van der Waals surface area contributed by atoms with E-state index in [1.807, 2.05) is 0 Å². The largest absolute Gasteiger partial charge is 0.480 e. The molecule has 0 radical (unpaired) electrons.